The van der Waals surface area contributed by atoms with Crippen LogP contribution < -0.4 is 0 Å². The SMILES string of the molecule is [2H]P(O)CSO. The maximum atomic E-state index is 8.10. The fraction of sp³-hybridized carbons (Fsp3) is 1.00. The van der Waals surface area contributed by atoms with Crippen molar-refractivity contribution in [3.05, 3.63) is 0 Å². The molecular formula is CH5O2PS. The van der Waals surface area contributed by atoms with E-state index in [0.29, 0.717) is 12.0 Å². The molecule has 0 saturated heterocycles. The lowest BCUT2D eigenvalue weighted by Crippen LogP contribution is -1.54. The standard InChI is InChI=1S/CH5O2PS/c2-4-1-5-3/h2-4H,1H2/i4D. The van der Waals surface area contributed by atoms with Gasteiger partial charge in [0.05, 0.1) is 6.77 Å². The molecule has 0 aromatic heterocycles. The number of hydrogen-bond donors (Lipinski definition) is 2. The van der Waals surface area contributed by atoms with Gasteiger partial charge in [0.2, 0.25) is 0 Å². The van der Waals surface area contributed by atoms with Crippen molar-refractivity contribution in [3.63, 3.8) is 0 Å². The first-order valence-corrected chi connectivity index (χ1v) is 2.96. The van der Waals surface area contributed by atoms with Crippen molar-refractivity contribution in [1.29, 1.82) is 1.28 Å². The Balaban J connectivity index is 2.63. The van der Waals surface area contributed by atoms with Gasteiger partial charge in [0.25, 0.3) is 0 Å². The minimum Gasteiger partial charge on any atom is -0.376 e. The van der Waals surface area contributed by atoms with Crippen molar-refractivity contribution >= 4 is 20.8 Å². The first-order valence-electron chi connectivity index (χ1n) is 1.43. The topological polar surface area (TPSA) is 40.5 Å². The summed E-state index contributed by atoms with van der Waals surface area (Å²) in [5, 5.41) is 0. The van der Waals surface area contributed by atoms with Gasteiger partial charge >= 0.3 is 0 Å². The van der Waals surface area contributed by atoms with Crippen LogP contribution in [-0.2, 0) is 0 Å². The third kappa shape index (κ3) is 4.70. The molecule has 0 amide bonds. The molecule has 0 rings (SSSR count). The molecule has 5 heavy (non-hydrogen) atoms. The molecule has 32 valence electrons. The van der Waals surface area contributed by atoms with Gasteiger partial charge < -0.3 is 9.45 Å². The van der Waals surface area contributed by atoms with Gasteiger partial charge in [-0.3, -0.25) is 0 Å². The number of hydrogen-bond acceptors (Lipinski definition) is 3. The molecule has 4 heteroatoms. The van der Waals surface area contributed by atoms with Crippen molar-refractivity contribution in [2.45, 2.75) is 0 Å². The highest BCUT2D eigenvalue weighted by atomic mass is 32.2. The Hall–Kier alpha value is 0.700. The lowest BCUT2D eigenvalue weighted by molar-refractivity contribution is 0.645. The van der Waals surface area contributed by atoms with Crippen LogP contribution in [-0.4, -0.2) is 16.2 Å². The predicted molar refractivity (Wildman–Crippen MR) is 25.6 cm³/mol. The van der Waals surface area contributed by atoms with Gasteiger partial charge in [-0.15, -0.1) is 0 Å². The second-order valence-electron chi connectivity index (χ2n) is 0.400. The van der Waals surface area contributed by atoms with Gasteiger partial charge in [-0.1, -0.05) is 0 Å². The maximum absolute atomic E-state index is 8.10. The zero-order chi connectivity index (χ0) is 4.99. The van der Waals surface area contributed by atoms with Crippen molar-refractivity contribution in [2.24, 2.45) is 0 Å². The van der Waals surface area contributed by atoms with E-state index in [1.165, 1.54) is 0 Å². The van der Waals surface area contributed by atoms with Crippen LogP contribution in [0.5, 0.6) is 0 Å². The molecule has 1 unspecified atom stereocenters. The molecule has 1 atom stereocenters. The summed E-state index contributed by atoms with van der Waals surface area (Å²) in [7, 11) is -1.64. The molecule has 0 aromatic carbocycles. The summed E-state index contributed by atoms with van der Waals surface area (Å²) >= 11 is 0.501. The van der Waals surface area contributed by atoms with Crippen LogP contribution in [0.4, 0.5) is 0 Å². The molecule has 0 bridgehead atoms. The van der Waals surface area contributed by atoms with E-state index in [1.54, 1.807) is 0 Å². The Morgan fingerprint density at radius 2 is 2.80 bits per heavy atom. The summed E-state index contributed by atoms with van der Waals surface area (Å²) in [5.41, 5.74) is 0.134. The van der Waals surface area contributed by atoms with E-state index < -0.39 is 8.75 Å². The molecule has 0 radical (unpaired) electrons. The monoisotopic (exact) mass is 113 g/mol. The molecular weight excluding hydrogens is 107 g/mol. The Kier molecular flexibility index (Phi) is 3.64. The van der Waals surface area contributed by atoms with Crippen LogP contribution in [0.2, 0.25) is 0 Å². The van der Waals surface area contributed by atoms with E-state index in [-0.39, 0.29) is 5.49 Å². The zero-order valence-corrected chi connectivity index (χ0v) is 4.17. The lowest BCUT2D eigenvalue weighted by Gasteiger charge is -1.78. The molecule has 0 aromatic rings. The number of rotatable bonds is 2. The van der Waals surface area contributed by atoms with E-state index in [9.17, 15) is 0 Å². The maximum Gasteiger partial charge on any atom is 0.0891 e. The second kappa shape index (κ2) is 4.70. The minimum absolute atomic E-state index is 0.134. The van der Waals surface area contributed by atoms with Gasteiger partial charge in [-0.05, 0) is 12.0 Å². The first-order chi connectivity index (χ1) is 2.77. The lowest BCUT2D eigenvalue weighted by atomic mass is 11.9. The van der Waals surface area contributed by atoms with Crippen LogP contribution in [0.25, 0.3) is 0 Å². The Morgan fingerprint density at radius 3 is 2.80 bits per heavy atom. The van der Waals surface area contributed by atoms with E-state index in [0.717, 1.165) is 0 Å². The van der Waals surface area contributed by atoms with E-state index in [2.05, 4.69) is 0 Å². The molecule has 0 fully saturated rings. The van der Waals surface area contributed by atoms with Crippen LogP contribution in [0, 0.1) is 0 Å². The second-order valence-corrected chi connectivity index (χ2v) is 1.97. The first kappa shape index (κ1) is 3.88. The molecule has 0 aliphatic rings. The molecule has 0 spiro atoms. The van der Waals surface area contributed by atoms with Crippen LogP contribution in [0.1, 0.15) is 0 Å². The average Bonchev–Trinajstić information content (AvgIpc) is 1.35. The quantitative estimate of drug-likeness (QED) is 0.409. The predicted octanol–water partition coefficient (Wildman–Crippen LogP) is 0.736. The fourth-order valence-electron chi connectivity index (χ4n) is 0.0258. The van der Waals surface area contributed by atoms with E-state index >= 15 is 0 Å². The molecule has 0 aliphatic heterocycles. The molecule has 2 N–H and O–H groups in total. The van der Waals surface area contributed by atoms with E-state index in [4.69, 9.17) is 10.7 Å². The van der Waals surface area contributed by atoms with Gasteiger partial charge in [-0.25, -0.2) is 0 Å². The zero-order valence-electron chi connectivity index (χ0n) is 3.46. The molecule has 2 nitrogen and oxygen atoms in total. The summed E-state index contributed by atoms with van der Waals surface area (Å²) in [6, 6.07) is 0. The summed E-state index contributed by atoms with van der Waals surface area (Å²) in [6.07, 6.45) is 0. The smallest absolute Gasteiger partial charge is 0.0891 e. The summed E-state index contributed by atoms with van der Waals surface area (Å²) in [6.45, 7) is 0. The highest BCUT2D eigenvalue weighted by Crippen LogP contribution is 2.07. The van der Waals surface area contributed by atoms with E-state index in [1.807, 2.05) is 0 Å². The van der Waals surface area contributed by atoms with Crippen LogP contribution in [0.3, 0.4) is 0 Å². The molecule has 0 aliphatic carbocycles. The van der Waals surface area contributed by atoms with Gasteiger partial charge in [0.1, 0.15) is 0 Å². The molecule has 0 heterocycles. The third-order valence-electron chi connectivity index (χ3n) is 0.115. The Morgan fingerprint density at radius 1 is 2.20 bits per heavy atom. The Labute approximate surface area is 37.9 Å². The van der Waals surface area contributed by atoms with Crippen molar-refractivity contribution in [3.8, 4) is 0 Å². The van der Waals surface area contributed by atoms with Crippen LogP contribution >= 0.6 is 20.8 Å². The molecule has 0 saturated carbocycles. The summed E-state index contributed by atoms with van der Waals surface area (Å²) in [5.74, 6) is 0. The highest BCUT2D eigenvalue weighted by molar-refractivity contribution is 7.97. The summed E-state index contributed by atoms with van der Waals surface area (Å²) in [4.78, 5) is 8.10. The van der Waals surface area contributed by atoms with Crippen molar-refractivity contribution < 1.29 is 9.45 Å². The van der Waals surface area contributed by atoms with Gasteiger partial charge in [0, 0.05) is 8.75 Å². The fourth-order valence-corrected chi connectivity index (χ4v) is 0.232. The van der Waals surface area contributed by atoms with Crippen molar-refractivity contribution in [2.75, 3.05) is 5.49 Å². The largest absolute Gasteiger partial charge is 0.376 e. The minimum atomic E-state index is -1.64. The van der Waals surface area contributed by atoms with Gasteiger partial charge in [-0.2, -0.15) is 0 Å². The highest BCUT2D eigenvalue weighted by Gasteiger charge is 1.71. The van der Waals surface area contributed by atoms with Crippen LogP contribution in [0.15, 0.2) is 0 Å². The van der Waals surface area contributed by atoms with Gasteiger partial charge in [0.15, 0.2) is 0 Å². The van der Waals surface area contributed by atoms with Crippen molar-refractivity contribution in [1.82, 2.24) is 0 Å². The average molecular weight is 113 g/mol. The normalized spacial score (nSPS) is 17.6. The summed E-state index contributed by atoms with van der Waals surface area (Å²) < 4.78 is 14.3. The Bertz CT molecular complexity index is 34.7. The third-order valence-corrected chi connectivity index (χ3v) is 1.04.